The Morgan fingerprint density at radius 1 is 0.944 bits per heavy atom. The third-order valence-electron chi connectivity index (χ3n) is 5.50. The zero-order chi connectivity index (χ0) is 25.8. The maximum absolute atomic E-state index is 13.2. The summed E-state index contributed by atoms with van der Waals surface area (Å²) in [6.07, 6.45) is 1.38. The molecule has 1 saturated heterocycles. The summed E-state index contributed by atoms with van der Waals surface area (Å²) in [5.41, 5.74) is 3.66. The molecule has 4 amide bonds. The molecule has 7 nitrogen and oxygen atoms in total. The largest absolute Gasteiger partial charge is 0.490 e. The summed E-state index contributed by atoms with van der Waals surface area (Å²) >= 11 is 6.54. The van der Waals surface area contributed by atoms with Crippen LogP contribution >= 0.6 is 11.6 Å². The first-order valence-electron chi connectivity index (χ1n) is 11.4. The van der Waals surface area contributed by atoms with Gasteiger partial charge in [0.25, 0.3) is 11.8 Å². The minimum atomic E-state index is -0.807. The number of carbonyl (C=O) groups is 3. The number of ether oxygens (including phenoxy) is 2. The smallest absolute Gasteiger partial charge is 0.335 e. The lowest BCUT2D eigenvalue weighted by atomic mass is 10.1. The van der Waals surface area contributed by atoms with Crippen molar-refractivity contribution in [3.05, 3.63) is 93.5 Å². The first-order valence-corrected chi connectivity index (χ1v) is 11.8. The SMILES string of the molecule is CCOc1cc(/C=C2\C(=O)NC(=O)N(c3ccc(C)cc3)C2=O)cc(Cl)c1OCc1cccc(C)c1. The van der Waals surface area contributed by atoms with E-state index in [1.54, 1.807) is 36.4 Å². The Morgan fingerprint density at radius 3 is 2.39 bits per heavy atom. The van der Waals surface area contributed by atoms with Crippen LogP contribution in [0, 0.1) is 13.8 Å². The Labute approximate surface area is 214 Å². The van der Waals surface area contributed by atoms with E-state index in [1.165, 1.54) is 6.08 Å². The van der Waals surface area contributed by atoms with Gasteiger partial charge in [0.15, 0.2) is 11.5 Å². The number of halogens is 1. The number of nitrogens with one attached hydrogen (secondary N) is 1. The predicted molar refractivity (Wildman–Crippen MR) is 138 cm³/mol. The molecule has 0 aliphatic carbocycles. The first-order chi connectivity index (χ1) is 17.3. The normalized spacial score (nSPS) is 14.7. The van der Waals surface area contributed by atoms with Crippen LogP contribution in [0.1, 0.15) is 29.2 Å². The summed E-state index contributed by atoms with van der Waals surface area (Å²) in [7, 11) is 0. The van der Waals surface area contributed by atoms with Gasteiger partial charge in [0.05, 0.1) is 17.3 Å². The van der Waals surface area contributed by atoms with Gasteiger partial charge in [-0.3, -0.25) is 14.9 Å². The molecule has 8 heteroatoms. The molecule has 4 rings (SSSR count). The molecule has 0 unspecified atom stereocenters. The Hall–Kier alpha value is -4.10. The summed E-state index contributed by atoms with van der Waals surface area (Å²) < 4.78 is 11.7. The minimum absolute atomic E-state index is 0.206. The Kier molecular flexibility index (Phi) is 7.41. The number of imide groups is 2. The Morgan fingerprint density at radius 2 is 1.69 bits per heavy atom. The van der Waals surface area contributed by atoms with Gasteiger partial charge in [-0.15, -0.1) is 0 Å². The third kappa shape index (κ3) is 5.42. The quantitative estimate of drug-likeness (QED) is 0.334. The van der Waals surface area contributed by atoms with E-state index in [1.807, 2.05) is 45.0 Å². The van der Waals surface area contributed by atoms with Crippen molar-refractivity contribution in [3.63, 3.8) is 0 Å². The lowest BCUT2D eigenvalue weighted by Gasteiger charge is -2.26. The van der Waals surface area contributed by atoms with Gasteiger partial charge >= 0.3 is 6.03 Å². The summed E-state index contributed by atoms with van der Waals surface area (Å²) in [4.78, 5) is 39.1. The van der Waals surface area contributed by atoms with Crippen molar-refractivity contribution in [3.8, 4) is 11.5 Å². The lowest BCUT2D eigenvalue weighted by molar-refractivity contribution is -0.122. The second kappa shape index (κ2) is 10.7. The van der Waals surface area contributed by atoms with Gasteiger partial charge < -0.3 is 9.47 Å². The van der Waals surface area contributed by atoms with Crippen molar-refractivity contribution >= 4 is 41.2 Å². The van der Waals surface area contributed by atoms with Crippen LogP contribution in [0.5, 0.6) is 11.5 Å². The minimum Gasteiger partial charge on any atom is -0.490 e. The van der Waals surface area contributed by atoms with Crippen LogP contribution in [0.15, 0.2) is 66.2 Å². The van der Waals surface area contributed by atoms with E-state index in [0.717, 1.165) is 21.6 Å². The molecular weight excluding hydrogens is 480 g/mol. The summed E-state index contributed by atoms with van der Waals surface area (Å²) in [6, 6.07) is 17.2. The fourth-order valence-electron chi connectivity index (χ4n) is 3.78. The number of anilines is 1. The van der Waals surface area contributed by atoms with E-state index in [-0.39, 0.29) is 17.2 Å². The zero-order valence-electron chi connectivity index (χ0n) is 20.1. The maximum atomic E-state index is 13.2. The molecule has 0 spiro atoms. The summed E-state index contributed by atoms with van der Waals surface area (Å²) in [5.74, 6) is -0.790. The van der Waals surface area contributed by atoms with Gasteiger partial charge in [0.1, 0.15) is 12.2 Å². The highest BCUT2D eigenvalue weighted by molar-refractivity contribution is 6.39. The molecule has 1 aliphatic heterocycles. The molecule has 36 heavy (non-hydrogen) atoms. The molecule has 1 heterocycles. The fraction of sp³-hybridized carbons (Fsp3) is 0.179. The molecule has 1 N–H and O–H groups in total. The number of carbonyl (C=O) groups excluding carboxylic acids is 3. The Bertz CT molecular complexity index is 1360. The third-order valence-corrected chi connectivity index (χ3v) is 5.78. The number of hydrogen-bond acceptors (Lipinski definition) is 5. The monoisotopic (exact) mass is 504 g/mol. The molecule has 0 saturated carbocycles. The van der Waals surface area contributed by atoms with Crippen molar-refractivity contribution in [1.82, 2.24) is 5.32 Å². The van der Waals surface area contributed by atoms with E-state index >= 15 is 0 Å². The molecule has 0 radical (unpaired) electrons. The topological polar surface area (TPSA) is 84.9 Å². The molecule has 1 aliphatic rings. The van der Waals surface area contributed by atoms with Crippen molar-refractivity contribution in [2.45, 2.75) is 27.4 Å². The van der Waals surface area contributed by atoms with E-state index in [9.17, 15) is 14.4 Å². The zero-order valence-corrected chi connectivity index (χ0v) is 20.9. The van der Waals surface area contributed by atoms with Crippen LogP contribution in [-0.4, -0.2) is 24.5 Å². The number of rotatable bonds is 7. The molecular formula is C28H25ClN2O5. The van der Waals surface area contributed by atoms with Gasteiger partial charge in [-0.1, -0.05) is 59.1 Å². The molecule has 3 aromatic carbocycles. The van der Waals surface area contributed by atoms with Crippen molar-refractivity contribution < 1.29 is 23.9 Å². The van der Waals surface area contributed by atoms with Crippen molar-refractivity contribution in [1.29, 1.82) is 0 Å². The van der Waals surface area contributed by atoms with Crippen LogP contribution in [0.25, 0.3) is 6.08 Å². The van der Waals surface area contributed by atoms with E-state index in [2.05, 4.69) is 5.32 Å². The second-order valence-electron chi connectivity index (χ2n) is 8.33. The number of urea groups is 1. The number of barbiturate groups is 1. The van der Waals surface area contributed by atoms with Gasteiger partial charge in [-0.05, 0) is 62.2 Å². The van der Waals surface area contributed by atoms with Crippen LogP contribution in [0.4, 0.5) is 10.5 Å². The van der Waals surface area contributed by atoms with Crippen LogP contribution in [0.2, 0.25) is 5.02 Å². The van der Waals surface area contributed by atoms with E-state index < -0.39 is 17.8 Å². The van der Waals surface area contributed by atoms with Gasteiger partial charge in [0.2, 0.25) is 0 Å². The number of aryl methyl sites for hydroxylation is 2. The van der Waals surface area contributed by atoms with Crippen LogP contribution < -0.4 is 19.7 Å². The average Bonchev–Trinajstić information content (AvgIpc) is 2.82. The van der Waals surface area contributed by atoms with Gasteiger partial charge in [-0.2, -0.15) is 0 Å². The molecule has 3 aromatic rings. The van der Waals surface area contributed by atoms with Crippen LogP contribution in [-0.2, 0) is 16.2 Å². The predicted octanol–water partition coefficient (Wildman–Crippen LogP) is 5.60. The maximum Gasteiger partial charge on any atom is 0.335 e. The highest BCUT2D eigenvalue weighted by Gasteiger charge is 2.36. The van der Waals surface area contributed by atoms with Gasteiger partial charge in [0, 0.05) is 0 Å². The molecule has 0 aromatic heterocycles. The Balaban J connectivity index is 1.65. The summed E-state index contributed by atoms with van der Waals surface area (Å²) in [6.45, 7) is 6.36. The van der Waals surface area contributed by atoms with Gasteiger partial charge in [-0.25, -0.2) is 9.69 Å². The summed E-state index contributed by atoms with van der Waals surface area (Å²) in [5, 5.41) is 2.48. The highest BCUT2D eigenvalue weighted by Crippen LogP contribution is 2.38. The molecule has 1 fully saturated rings. The van der Waals surface area contributed by atoms with Crippen LogP contribution in [0.3, 0.4) is 0 Å². The second-order valence-corrected chi connectivity index (χ2v) is 8.74. The first kappa shape index (κ1) is 25.0. The van der Waals surface area contributed by atoms with E-state index in [4.69, 9.17) is 21.1 Å². The average molecular weight is 505 g/mol. The lowest BCUT2D eigenvalue weighted by Crippen LogP contribution is -2.54. The molecule has 0 bridgehead atoms. The molecule has 184 valence electrons. The standard InChI is InChI=1S/C28H25ClN2O5/c1-4-35-24-15-20(14-23(29)25(24)36-16-19-7-5-6-18(3)12-19)13-22-26(32)30-28(34)31(27(22)33)21-10-8-17(2)9-11-21/h5-15H,4,16H2,1-3H3,(H,30,32,34)/b22-13+. The number of benzene rings is 3. The van der Waals surface area contributed by atoms with E-state index in [0.29, 0.717) is 29.4 Å². The highest BCUT2D eigenvalue weighted by atomic mass is 35.5. The fourth-order valence-corrected chi connectivity index (χ4v) is 4.06. The van der Waals surface area contributed by atoms with Crippen molar-refractivity contribution in [2.75, 3.05) is 11.5 Å². The molecule has 0 atom stereocenters. The number of hydrogen-bond donors (Lipinski definition) is 1. The number of nitrogens with zero attached hydrogens (tertiary/aromatic N) is 1. The number of amides is 4. The van der Waals surface area contributed by atoms with Crippen molar-refractivity contribution in [2.24, 2.45) is 0 Å².